The third-order valence-electron chi connectivity index (χ3n) is 2.85. The van der Waals surface area contributed by atoms with Gasteiger partial charge in [-0.1, -0.05) is 18.1 Å². The van der Waals surface area contributed by atoms with Crippen LogP contribution >= 0.6 is 0 Å². The highest BCUT2D eigenvalue weighted by atomic mass is 14.4. The highest BCUT2D eigenvalue weighted by molar-refractivity contribution is 5.30. The summed E-state index contributed by atoms with van der Waals surface area (Å²) in [6, 6.07) is 0. The minimum Gasteiger partial charge on any atom is -0.0732 e. The molecule has 0 aliphatic heterocycles. The second-order valence-electron chi connectivity index (χ2n) is 3.75. The van der Waals surface area contributed by atoms with Crippen LogP contribution in [0.2, 0.25) is 0 Å². The lowest BCUT2D eigenvalue weighted by Gasteiger charge is -2.25. The third-order valence-corrected chi connectivity index (χ3v) is 2.85. The largest absolute Gasteiger partial charge is 0.0732 e. The molecule has 0 heterocycles. The normalized spacial score (nSPS) is 40.7. The van der Waals surface area contributed by atoms with E-state index in [9.17, 15) is 0 Å². The molecule has 50 valence electrons. The number of fused-ring (bicyclic) bond motifs is 1. The van der Waals surface area contributed by atoms with Gasteiger partial charge in [-0.25, -0.2) is 0 Å². The monoisotopic (exact) mass is 122 g/mol. The number of rotatable bonds is 0. The zero-order valence-corrected chi connectivity index (χ0v) is 6.28. The maximum atomic E-state index is 2.37. The highest BCUT2D eigenvalue weighted by Crippen LogP contribution is 2.48. The van der Waals surface area contributed by atoms with Crippen molar-refractivity contribution in [2.45, 2.75) is 33.1 Å². The van der Waals surface area contributed by atoms with E-state index in [1.54, 1.807) is 5.57 Å². The fourth-order valence-electron chi connectivity index (χ4n) is 2.35. The van der Waals surface area contributed by atoms with Crippen LogP contribution < -0.4 is 0 Å². The van der Waals surface area contributed by atoms with E-state index in [0.29, 0.717) is 0 Å². The second-order valence-corrected chi connectivity index (χ2v) is 3.75. The van der Waals surface area contributed by atoms with Crippen LogP contribution in [-0.4, -0.2) is 0 Å². The summed E-state index contributed by atoms with van der Waals surface area (Å²) in [5, 5.41) is 0. The van der Waals surface area contributed by atoms with E-state index in [0.717, 1.165) is 11.8 Å². The standard InChI is InChI=1S/C9H14/c1-6-3-8-5-7(2)9(8)4-6/h6,8H,3-5H2,1-2H3. The van der Waals surface area contributed by atoms with Crippen LogP contribution in [0, 0.1) is 11.8 Å². The van der Waals surface area contributed by atoms with Crippen molar-refractivity contribution in [2.24, 2.45) is 11.8 Å². The SMILES string of the molecule is CC1=C2CC(C)CC2C1. The fraction of sp³-hybridized carbons (Fsp3) is 0.778. The fourth-order valence-corrected chi connectivity index (χ4v) is 2.35. The molecule has 9 heavy (non-hydrogen) atoms. The molecule has 2 rings (SSSR count). The lowest BCUT2D eigenvalue weighted by molar-refractivity contribution is 0.508. The van der Waals surface area contributed by atoms with Gasteiger partial charge in [-0.05, 0) is 38.0 Å². The van der Waals surface area contributed by atoms with Gasteiger partial charge in [0.15, 0.2) is 0 Å². The number of hydrogen-bond donors (Lipinski definition) is 0. The van der Waals surface area contributed by atoms with Gasteiger partial charge in [-0.3, -0.25) is 0 Å². The van der Waals surface area contributed by atoms with E-state index >= 15 is 0 Å². The van der Waals surface area contributed by atoms with Crippen LogP contribution in [0.5, 0.6) is 0 Å². The lowest BCUT2D eigenvalue weighted by atomic mass is 9.81. The Morgan fingerprint density at radius 1 is 1.33 bits per heavy atom. The Kier molecular flexibility index (Phi) is 0.992. The quantitative estimate of drug-likeness (QED) is 0.433. The van der Waals surface area contributed by atoms with E-state index < -0.39 is 0 Å². The molecule has 0 bridgehead atoms. The van der Waals surface area contributed by atoms with Gasteiger partial charge in [0.25, 0.3) is 0 Å². The molecule has 2 aliphatic rings. The molecule has 1 saturated carbocycles. The van der Waals surface area contributed by atoms with Crippen LogP contribution in [0.4, 0.5) is 0 Å². The van der Waals surface area contributed by atoms with E-state index in [1.165, 1.54) is 19.3 Å². The average molecular weight is 122 g/mol. The van der Waals surface area contributed by atoms with E-state index in [1.807, 2.05) is 5.57 Å². The second kappa shape index (κ2) is 1.62. The van der Waals surface area contributed by atoms with Crippen molar-refractivity contribution in [1.82, 2.24) is 0 Å². The molecule has 0 heteroatoms. The van der Waals surface area contributed by atoms with E-state index in [4.69, 9.17) is 0 Å². The molecule has 0 nitrogen and oxygen atoms in total. The van der Waals surface area contributed by atoms with Gasteiger partial charge >= 0.3 is 0 Å². The third kappa shape index (κ3) is 0.654. The molecule has 0 aromatic heterocycles. The van der Waals surface area contributed by atoms with Crippen LogP contribution in [0.1, 0.15) is 33.1 Å². The average Bonchev–Trinajstić information content (AvgIpc) is 2.08. The van der Waals surface area contributed by atoms with Gasteiger partial charge < -0.3 is 0 Å². The lowest BCUT2D eigenvalue weighted by Crippen LogP contribution is -2.10. The van der Waals surface area contributed by atoms with Crippen molar-refractivity contribution in [3.05, 3.63) is 11.1 Å². The Balaban J connectivity index is 2.20. The van der Waals surface area contributed by atoms with Crippen LogP contribution in [0.15, 0.2) is 11.1 Å². The molecular weight excluding hydrogens is 108 g/mol. The van der Waals surface area contributed by atoms with Crippen LogP contribution in [0.25, 0.3) is 0 Å². The molecule has 0 aromatic carbocycles. The zero-order chi connectivity index (χ0) is 6.43. The van der Waals surface area contributed by atoms with Gasteiger partial charge in [0, 0.05) is 0 Å². The molecule has 0 N–H and O–H groups in total. The minimum atomic E-state index is 0.988. The summed E-state index contributed by atoms with van der Waals surface area (Å²) in [7, 11) is 0. The molecule has 2 unspecified atom stereocenters. The Bertz CT molecular complexity index is 165. The molecule has 2 aliphatic carbocycles. The summed E-state index contributed by atoms with van der Waals surface area (Å²) in [5.74, 6) is 2.02. The maximum absolute atomic E-state index is 2.37. The first-order valence-electron chi connectivity index (χ1n) is 3.96. The number of hydrogen-bond acceptors (Lipinski definition) is 0. The van der Waals surface area contributed by atoms with Crippen molar-refractivity contribution in [3.8, 4) is 0 Å². The predicted octanol–water partition coefficient (Wildman–Crippen LogP) is 2.75. The van der Waals surface area contributed by atoms with Gasteiger partial charge in [-0.15, -0.1) is 0 Å². The first kappa shape index (κ1) is 5.52. The van der Waals surface area contributed by atoms with Crippen molar-refractivity contribution < 1.29 is 0 Å². The van der Waals surface area contributed by atoms with Crippen molar-refractivity contribution in [3.63, 3.8) is 0 Å². The highest BCUT2D eigenvalue weighted by Gasteiger charge is 2.34. The summed E-state index contributed by atoms with van der Waals surface area (Å²) in [5.41, 5.74) is 3.51. The smallest absolute Gasteiger partial charge is 0.0161 e. The Morgan fingerprint density at radius 2 is 2.11 bits per heavy atom. The molecule has 0 aromatic rings. The summed E-state index contributed by atoms with van der Waals surface area (Å²) in [6.07, 6.45) is 4.31. The first-order chi connectivity index (χ1) is 4.27. The first-order valence-corrected chi connectivity index (χ1v) is 3.96. The Hall–Kier alpha value is -0.260. The molecule has 0 saturated heterocycles. The maximum Gasteiger partial charge on any atom is -0.0161 e. The minimum absolute atomic E-state index is 0.988. The van der Waals surface area contributed by atoms with Crippen molar-refractivity contribution in [2.75, 3.05) is 0 Å². The Morgan fingerprint density at radius 3 is 2.56 bits per heavy atom. The van der Waals surface area contributed by atoms with Crippen LogP contribution in [0.3, 0.4) is 0 Å². The van der Waals surface area contributed by atoms with Gasteiger partial charge in [0.1, 0.15) is 0 Å². The summed E-state index contributed by atoms with van der Waals surface area (Å²) in [4.78, 5) is 0. The van der Waals surface area contributed by atoms with E-state index in [-0.39, 0.29) is 0 Å². The summed E-state index contributed by atoms with van der Waals surface area (Å²) >= 11 is 0. The van der Waals surface area contributed by atoms with Crippen molar-refractivity contribution >= 4 is 0 Å². The van der Waals surface area contributed by atoms with E-state index in [2.05, 4.69) is 13.8 Å². The molecular formula is C9H14. The molecule has 0 radical (unpaired) electrons. The molecule has 0 spiro atoms. The van der Waals surface area contributed by atoms with Gasteiger partial charge in [-0.2, -0.15) is 0 Å². The topological polar surface area (TPSA) is 0 Å². The summed E-state index contributed by atoms with van der Waals surface area (Å²) < 4.78 is 0. The predicted molar refractivity (Wildman–Crippen MR) is 39.2 cm³/mol. The molecule has 0 amide bonds. The van der Waals surface area contributed by atoms with Gasteiger partial charge in [0.2, 0.25) is 0 Å². The zero-order valence-electron chi connectivity index (χ0n) is 6.28. The van der Waals surface area contributed by atoms with Crippen molar-refractivity contribution in [1.29, 1.82) is 0 Å². The number of allylic oxidation sites excluding steroid dienone is 2. The van der Waals surface area contributed by atoms with Gasteiger partial charge in [0.05, 0.1) is 0 Å². The Labute approximate surface area is 57.0 Å². The molecule has 2 atom stereocenters. The summed E-state index contributed by atoms with van der Waals surface area (Å²) in [6.45, 7) is 4.67. The van der Waals surface area contributed by atoms with Crippen LogP contribution in [-0.2, 0) is 0 Å². The molecule has 1 fully saturated rings.